The second-order valence-electron chi connectivity index (χ2n) is 5.31. The maximum absolute atomic E-state index is 12.2. The Bertz CT molecular complexity index is 969. The first-order valence-corrected chi connectivity index (χ1v) is 8.19. The molecule has 1 aromatic heterocycles. The van der Waals surface area contributed by atoms with Crippen LogP contribution in [0.1, 0.15) is 10.6 Å². The molecule has 0 saturated carbocycles. The van der Waals surface area contributed by atoms with Gasteiger partial charge in [-0.2, -0.15) is 0 Å². The summed E-state index contributed by atoms with van der Waals surface area (Å²) < 4.78 is 45.7. The molecule has 0 atom stereocenters. The van der Waals surface area contributed by atoms with Crippen molar-refractivity contribution in [2.45, 2.75) is 6.36 Å². The van der Waals surface area contributed by atoms with E-state index in [9.17, 15) is 18.0 Å². The maximum atomic E-state index is 12.2. The van der Waals surface area contributed by atoms with Crippen molar-refractivity contribution in [1.82, 2.24) is 0 Å². The van der Waals surface area contributed by atoms with Crippen LogP contribution in [0.15, 0.2) is 59.0 Å². The third-order valence-corrected chi connectivity index (χ3v) is 3.93. The zero-order valence-electron chi connectivity index (χ0n) is 13.3. The molecule has 1 heterocycles. The fourth-order valence-corrected chi connectivity index (χ4v) is 2.61. The molecule has 2 aromatic carbocycles. The molecule has 0 radical (unpaired) electrons. The predicted octanol–water partition coefficient (Wildman–Crippen LogP) is 6.40. The average molecular weight is 416 g/mol. The van der Waals surface area contributed by atoms with Crippen LogP contribution >= 0.6 is 23.2 Å². The first-order chi connectivity index (χ1) is 12.7. The molecule has 27 heavy (non-hydrogen) atoms. The third kappa shape index (κ3) is 4.96. The van der Waals surface area contributed by atoms with Crippen LogP contribution in [-0.4, -0.2) is 12.3 Å². The summed E-state index contributed by atoms with van der Waals surface area (Å²) in [6, 6.07) is 12.6. The molecule has 0 saturated heterocycles. The largest absolute Gasteiger partial charge is 0.573 e. The number of anilines is 1. The van der Waals surface area contributed by atoms with Crippen molar-refractivity contribution in [1.29, 1.82) is 0 Å². The monoisotopic (exact) mass is 415 g/mol. The van der Waals surface area contributed by atoms with E-state index in [-0.39, 0.29) is 11.4 Å². The lowest BCUT2D eigenvalue weighted by molar-refractivity contribution is -0.274. The van der Waals surface area contributed by atoms with Crippen molar-refractivity contribution >= 4 is 34.8 Å². The summed E-state index contributed by atoms with van der Waals surface area (Å²) in [5.74, 6) is -0.626. The summed E-state index contributed by atoms with van der Waals surface area (Å²) >= 11 is 12.0. The quantitative estimate of drug-likeness (QED) is 0.535. The number of rotatable bonds is 4. The lowest BCUT2D eigenvalue weighted by atomic mass is 10.2. The first kappa shape index (κ1) is 19.1. The van der Waals surface area contributed by atoms with Crippen LogP contribution in [0, 0.1) is 0 Å². The van der Waals surface area contributed by atoms with Crippen LogP contribution in [0.3, 0.4) is 0 Å². The summed E-state index contributed by atoms with van der Waals surface area (Å²) in [5.41, 5.74) is 0.796. The number of furan rings is 1. The van der Waals surface area contributed by atoms with Gasteiger partial charge in [-0.1, -0.05) is 23.2 Å². The molecule has 0 aliphatic heterocycles. The average Bonchev–Trinajstić information content (AvgIpc) is 3.07. The van der Waals surface area contributed by atoms with Gasteiger partial charge in [-0.15, -0.1) is 13.2 Å². The van der Waals surface area contributed by atoms with Crippen LogP contribution in [-0.2, 0) is 0 Å². The molecule has 0 bridgehead atoms. The fraction of sp³-hybridized carbons (Fsp3) is 0.0556. The number of amides is 1. The van der Waals surface area contributed by atoms with Crippen molar-refractivity contribution in [2.75, 3.05) is 5.32 Å². The number of hydrogen-bond acceptors (Lipinski definition) is 3. The summed E-state index contributed by atoms with van der Waals surface area (Å²) in [6.07, 6.45) is -4.78. The van der Waals surface area contributed by atoms with Gasteiger partial charge in [0.05, 0.1) is 5.02 Å². The number of carbonyl (C=O) groups is 1. The minimum Gasteiger partial charge on any atom is -0.451 e. The molecule has 9 heteroatoms. The van der Waals surface area contributed by atoms with E-state index < -0.39 is 18.0 Å². The fourth-order valence-electron chi connectivity index (χ4n) is 2.22. The van der Waals surface area contributed by atoms with Crippen LogP contribution in [0.4, 0.5) is 18.9 Å². The van der Waals surface area contributed by atoms with E-state index in [0.29, 0.717) is 21.4 Å². The standard InChI is InChI=1S/C18H10Cl2F3NO3/c19-10-1-6-14(20)13(9-10)15-7-8-16(26-15)17(25)24-11-2-4-12(5-3-11)27-18(21,22)23/h1-9H,(H,24,25). The van der Waals surface area contributed by atoms with Crippen molar-refractivity contribution in [2.24, 2.45) is 0 Å². The highest BCUT2D eigenvalue weighted by atomic mass is 35.5. The van der Waals surface area contributed by atoms with Gasteiger partial charge in [0.2, 0.25) is 0 Å². The molecule has 0 fully saturated rings. The SMILES string of the molecule is O=C(Nc1ccc(OC(F)(F)F)cc1)c1ccc(-c2cc(Cl)ccc2Cl)o1. The summed E-state index contributed by atoms with van der Waals surface area (Å²) in [4.78, 5) is 12.2. The minimum atomic E-state index is -4.78. The van der Waals surface area contributed by atoms with Gasteiger partial charge in [-0.25, -0.2) is 0 Å². The van der Waals surface area contributed by atoms with Gasteiger partial charge in [-0.3, -0.25) is 4.79 Å². The second kappa shape index (κ2) is 7.54. The number of carbonyl (C=O) groups excluding carboxylic acids is 1. The lowest BCUT2D eigenvalue weighted by Gasteiger charge is -2.09. The Kier molecular flexibility index (Phi) is 5.34. The maximum Gasteiger partial charge on any atom is 0.573 e. The van der Waals surface area contributed by atoms with E-state index in [0.717, 1.165) is 12.1 Å². The van der Waals surface area contributed by atoms with Crippen molar-refractivity contribution < 1.29 is 27.1 Å². The lowest BCUT2D eigenvalue weighted by Crippen LogP contribution is -2.17. The van der Waals surface area contributed by atoms with E-state index in [2.05, 4.69) is 10.1 Å². The molecule has 0 unspecified atom stereocenters. The van der Waals surface area contributed by atoms with Gasteiger partial charge in [0.15, 0.2) is 5.76 Å². The molecule has 1 amide bonds. The van der Waals surface area contributed by atoms with Crippen molar-refractivity contribution in [3.63, 3.8) is 0 Å². The predicted molar refractivity (Wildman–Crippen MR) is 95.2 cm³/mol. The summed E-state index contributed by atoms with van der Waals surface area (Å²) in [6.45, 7) is 0. The van der Waals surface area contributed by atoms with Crippen LogP contribution in [0.5, 0.6) is 5.75 Å². The van der Waals surface area contributed by atoms with Gasteiger partial charge >= 0.3 is 6.36 Å². The third-order valence-electron chi connectivity index (χ3n) is 3.37. The Hall–Kier alpha value is -2.64. The van der Waals surface area contributed by atoms with Gasteiger partial charge in [0.25, 0.3) is 5.91 Å². The normalized spacial score (nSPS) is 11.3. The number of nitrogens with one attached hydrogen (secondary N) is 1. The van der Waals surface area contributed by atoms with E-state index in [1.54, 1.807) is 24.3 Å². The molecule has 140 valence electrons. The molecule has 4 nitrogen and oxygen atoms in total. The highest BCUT2D eigenvalue weighted by Gasteiger charge is 2.31. The van der Waals surface area contributed by atoms with Crippen LogP contribution in [0.25, 0.3) is 11.3 Å². The van der Waals surface area contributed by atoms with Gasteiger partial charge in [0, 0.05) is 16.3 Å². The summed E-state index contributed by atoms with van der Waals surface area (Å²) in [7, 11) is 0. The molecule has 3 rings (SSSR count). The van der Waals surface area contributed by atoms with Gasteiger partial charge in [-0.05, 0) is 54.6 Å². The molecule has 0 spiro atoms. The number of benzene rings is 2. The Morgan fingerprint density at radius 2 is 1.70 bits per heavy atom. The highest BCUT2D eigenvalue weighted by Crippen LogP contribution is 2.32. The molecule has 1 N–H and O–H groups in total. The van der Waals surface area contributed by atoms with Crippen molar-refractivity contribution in [3.8, 4) is 17.1 Å². The van der Waals surface area contributed by atoms with E-state index in [1.165, 1.54) is 18.2 Å². The van der Waals surface area contributed by atoms with E-state index >= 15 is 0 Å². The zero-order chi connectivity index (χ0) is 19.6. The summed E-state index contributed by atoms with van der Waals surface area (Å²) in [5, 5.41) is 3.37. The number of alkyl halides is 3. The number of hydrogen-bond donors (Lipinski definition) is 1. The Morgan fingerprint density at radius 1 is 1.00 bits per heavy atom. The van der Waals surface area contributed by atoms with E-state index in [1.807, 2.05) is 0 Å². The molecule has 3 aromatic rings. The number of halogens is 5. The smallest absolute Gasteiger partial charge is 0.451 e. The van der Waals surface area contributed by atoms with Gasteiger partial charge in [0.1, 0.15) is 11.5 Å². The van der Waals surface area contributed by atoms with E-state index in [4.69, 9.17) is 27.6 Å². The van der Waals surface area contributed by atoms with Crippen molar-refractivity contribution in [3.05, 3.63) is 70.4 Å². The Balaban J connectivity index is 1.72. The minimum absolute atomic E-state index is 0.00309. The Morgan fingerprint density at radius 3 is 2.37 bits per heavy atom. The zero-order valence-corrected chi connectivity index (χ0v) is 14.8. The molecular formula is C18H10Cl2F3NO3. The van der Waals surface area contributed by atoms with Gasteiger partial charge < -0.3 is 14.5 Å². The molecular weight excluding hydrogens is 406 g/mol. The second-order valence-corrected chi connectivity index (χ2v) is 6.16. The van der Waals surface area contributed by atoms with Crippen LogP contribution < -0.4 is 10.1 Å². The highest BCUT2D eigenvalue weighted by molar-refractivity contribution is 6.35. The van der Waals surface area contributed by atoms with Crippen LogP contribution in [0.2, 0.25) is 10.0 Å². The number of ether oxygens (including phenoxy) is 1. The topological polar surface area (TPSA) is 51.5 Å². The first-order valence-electron chi connectivity index (χ1n) is 7.44. The molecule has 0 aliphatic carbocycles. The molecule has 0 aliphatic rings. The Labute approximate surface area is 161 Å².